The van der Waals surface area contributed by atoms with Crippen molar-refractivity contribution >= 4 is 11.9 Å². The van der Waals surface area contributed by atoms with E-state index in [-0.39, 0.29) is 22.7 Å². The molecule has 0 bridgehead atoms. The van der Waals surface area contributed by atoms with Gasteiger partial charge >= 0.3 is 11.9 Å². The summed E-state index contributed by atoms with van der Waals surface area (Å²) in [5, 5.41) is 11.0. The van der Waals surface area contributed by atoms with Crippen molar-refractivity contribution in [3.05, 3.63) is 11.1 Å². The highest BCUT2D eigenvalue weighted by Gasteiger charge is 2.71. The average Bonchev–Trinajstić information content (AvgIpc) is 3.03. The molecule has 4 aliphatic carbocycles. The first-order valence-corrected chi connectivity index (χ1v) is 13.1. The highest BCUT2D eigenvalue weighted by molar-refractivity contribution is 5.94. The van der Waals surface area contributed by atoms with Crippen LogP contribution in [-0.4, -0.2) is 42.7 Å². The molecule has 0 aromatic rings. The first kappa shape index (κ1) is 24.3. The maximum Gasteiger partial charge on any atom is 0.339 e. The molecule has 0 spiro atoms. The number of methoxy groups -OCH3 is 1. The zero-order chi connectivity index (χ0) is 24.8. The van der Waals surface area contributed by atoms with Gasteiger partial charge in [-0.2, -0.15) is 0 Å². The summed E-state index contributed by atoms with van der Waals surface area (Å²) in [6.45, 7) is 13.3. The van der Waals surface area contributed by atoms with Crippen molar-refractivity contribution < 1.29 is 28.9 Å². The topological polar surface area (TPSA) is 82.1 Å². The zero-order valence-corrected chi connectivity index (χ0v) is 21.9. The number of aliphatic hydroxyl groups is 1. The number of carbonyl (C=O) groups excluding carboxylic acids is 2. The molecule has 0 aromatic heterocycles. The van der Waals surface area contributed by atoms with E-state index in [1.54, 1.807) is 7.11 Å². The lowest BCUT2D eigenvalue weighted by Gasteiger charge is -2.70. The summed E-state index contributed by atoms with van der Waals surface area (Å²) in [5.74, 6) is 0.292. The maximum absolute atomic E-state index is 12.8. The number of hydrogen-bond donors (Lipinski definition) is 1. The van der Waals surface area contributed by atoms with Gasteiger partial charge < -0.3 is 19.3 Å². The molecule has 190 valence electrons. The van der Waals surface area contributed by atoms with E-state index in [2.05, 4.69) is 34.6 Å². The predicted octanol–water partition coefficient (Wildman–Crippen LogP) is 4.78. The molecule has 1 N–H and O–H groups in total. The normalized spacial score (nSPS) is 49.4. The van der Waals surface area contributed by atoms with Crippen molar-refractivity contribution in [2.75, 3.05) is 7.11 Å². The number of rotatable bonds is 2. The van der Waals surface area contributed by atoms with E-state index in [0.717, 1.165) is 12.8 Å². The average molecular weight is 475 g/mol. The molecule has 1 heterocycles. The molecule has 0 saturated heterocycles. The number of fused-ring (bicyclic) bond motifs is 6. The van der Waals surface area contributed by atoms with Crippen molar-refractivity contribution in [3.63, 3.8) is 0 Å². The summed E-state index contributed by atoms with van der Waals surface area (Å²) >= 11 is 0. The molecular weight excluding hydrogens is 432 g/mol. The van der Waals surface area contributed by atoms with Gasteiger partial charge in [0, 0.05) is 25.0 Å². The maximum atomic E-state index is 12.8. The Morgan fingerprint density at radius 3 is 2.32 bits per heavy atom. The molecule has 0 radical (unpaired) electrons. The molecule has 3 saturated carbocycles. The minimum absolute atomic E-state index is 0.0231. The first-order chi connectivity index (χ1) is 15.8. The third-order valence-corrected chi connectivity index (χ3v) is 11.4. The van der Waals surface area contributed by atoms with E-state index in [1.807, 2.05) is 0 Å². The summed E-state index contributed by atoms with van der Waals surface area (Å²) in [5.41, 5.74) is 0.775. The minimum Gasteiger partial charge on any atom is -0.462 e. The predicted molar refractivity (Wildman–Crippen MR) is 126 cm³/mol. The first-order valence-electron chi connectivity index (χ1n) is 13.1. The second-order valence-electron chi connectivity index (χ2n) is 13.2. The monoisotopic (exact) mass is 474 g/mol. The molecule has 1 aliphatic heterocycles. The highest BCUT2D eigenvalue weighted by atomic mass is 16.6. The zero-order valence-electron chi connectivity index (χ0n) is 21.9. The minimum atomic E-state index is -1.31. The van der Waals surface area contributed by atoms with Crippen LogP contribution in [0.3, 0.4) is 0 Å². The highest BCUT2D eigenvalue weighted by Crippen LogP contribution is 2.74. The van der Waals surface area contributed by atoms with Gasteiger partial charge in [-0.1, -0.05) is 41.0 Å². The fourth-order valence-electron chi connectivity index (χ4n) is 10.1. The Morgan fingerprint density at radius 1 is 1.00 bits per heavy atom. The molecule has 0 amide bonds. The van der Waals surface area contributed by atoms with Crippen LogP contribution < -0.4 is 0 Å². The van der Waals surface area contributed by atoms with Crippen LogP contribution in [-0.2, 0) is 23.8 Å². The summed E-state index contributed by atoms with van der Waals surface area (Å²) in [6, 6.07) is 0. The standard InChI is InChI=1S/C28H42O6/c1-15(29)33-20-14-18-26(4)11-8-10-25(2,3)17(26)9-12-27(18,5)19-13-16(32-7)21-22(28(19,20)6)24(31)34-23(21)30/h16-20,24,31H,8-14H2,1-7H3/t16?,17?,18?,19?,20-,24?,26+,27-,28-/m1/s1. The second kappa shape index (κ2) is 7.55. The lowest BCUT2D eigenvalue weighted by atomic mass is 9.35. The quantitative estimate of drug-likeness (QED) is 0.580. The fraction of sp³-hybridized carbons (Fsp3) is 0.857. The third-order valence-electron chi connectivity index (χ3n) is 11.4. The van der Waals surface area contributed by atoms with Crippen molar-refractivity contribution in [2.24, 2.45) is 39.4 Å². The molecule has 6 heteroatoms. The Labute approximate surface area is 203 Å². The Hall–Kier alpha value is -1.40. The molecule has 5 aliphatic rings. The van der Waals surface area contributed by atoms with Gasteiger partial charge in [-0.05, 0) is 72.5 Å². The smallest absolute Gasteiger partial charge is 0.339 e. The van der Waals surface area contributed by atoms with Crippen LogP contribution in [0.15, 0.2) is 11.1 Å². The Kier molecular flexibility index (Phi) is 5.40. The van der Waals surface area contributed by atoms with E-state index >= 15 is 0 Å². The van der Waals surface area contributed by atoms with Gasteiger partial charge in [0.25, 0.3) is 0 Å². The van der Waals surface area contributed by atoms with Crippen LogP contribution in [0.2, 0.25) is 0 Å². The van der Waals surface area contributed by atoms with Crippen molar-refractivity contribution in [1.29, 1.82) is 0 Å². The second-order valence-corrected chi connectivity index (χ2v) is 13.2. The number of esters is 2. The number of ether oxygens (including phenoxy) is 3. The van der Waals surface area contributed by atoms with Gasteiger partial charge in [-0.25, -0.2) is 4.79 Å². The number of carbonyl (C=O) groups is 2. The molecule has 34 heavy (non-hydrogen) atoms. The molecule has 0 aromatic carbocycles. The molecule has 5 unspecified atom stereocenters. The van der Waals surface area contributed by atoms with Gasteiger partial charge in [0.05, 0.1) is 11.7 Å². The molecule has 6 nitrogen and oxygen atoms in total. The summed E-state index contributed by atoms with van der Waals surface area (Å²) in [6.07, 6.45) is 5.24. The number of hydrogen-bond acceptors (Lipinski definition) is 6. The van der Waals surface area contributed by atoms with E-state index in [1.165, 1.54) is 32.6 Å². The van der Waals surface area contributed by atoms with Gasteiger partial charge in [0.2, 0.25) is 6.29 Å². The molecule has 3 fully saturated rings. The SMILES string of the molecule is COC1CC2[C@]3(C)CCC4C(C)(C)CCC[C@]4(C)C3C[C@@H](OC(C)=O)[C@]2(C)C2=C1C(=O)OC2O. The molecule has 5 rings (SSSR count). The van der Waals surface area contributed by atoms with Gasteiger partial charge in [-0.15, -0.1) is 0 Å². The van der Waals surface area contributed by atoms with Gasteiger partial charge in [0.15, 0.2) is 0 Å². The summed E-state index contributed by atoms with van der Waals surface area (Å²) in [7, 11) is 1.63. The van der Waals surface area contributed by atoms with Crippen molar-refractivity contribution in [2.45, 2.75) is 105 Å². The summed E-state index contributed by atoms with van der Waals surface area (Å²) < 4.78 is 17.3. The number of cyclic esters (lactones) is 1. The summed E-state index contributed by atoms with van der Waals surface area (Å²) in [4.78, 5) is 25.1. The largest absolute Gasteiger partial charge is 0.462 e. The van der Waals surface area contributed by atoms with Crippen LogP contribution in [0.1, 0.15) is 86.5 Å². The van der Waals surface area contributed by atoms with Crippen LogP contribution in [0.25, 0.3) is 0 Å². The van der Waals surface area contributed by atoms with Gasteiger partial charge in [0.1, 0.15) is 6.10 Å². The van der Waals surface area contributed by atoms with E-state index in [9.17, 15) is 14.7 Å². The van der Waals surface area contributed by atoms with E-state index in [4.69, 9.17) is 14.2 Å². The third kappa shape index (κ3) is 3.00. The van der Waals surface area contributed by atoms with E-state index < -0.39 is 29.9 Å². The molecule has 9 atom stereocenters. The molecular formula is C28H42O6. The Balaban J connectivity index is 1.68. The lowest BCUT2D eigenvalue weighted by Crippen LogP contribution is -2.67. The Bertz CT molecular complexity index is 937. The van der Waals surface area contributed by atoms with Crippen molar-refractivity contribution in [1.82, 2.24) is 0 Å². The van der Waals surface area contributed by atoms with E-state index in [0.29, 0.717) is 34.8 Å². The van der Waals surface area contributed by atoms with Crippen LogP contribution in [0.4, 0.5) is 0 Å². The lowest BCUT2D eigenvalue weighted by molar-refractivity contribution is -0.233. The fourth-order valence-corrected chi connectivity index (χ4v) is 10.1. The van der Waals surface area contributed by atoms with Crippen molar-refractivity contribution in [3.8, 4) is 0 Å². The Morgan fingerprint density at radius 2 is 1.68 bits per heavy atom. The van der Waals surface area contributed by atoms with Crippen LogP contribution in [0, 0.1) is 39.4 Å². The van der Waals surface area contributed by atoms with Crippen LogP contribution >= 0.6 is 0 Å². The van der Waals surface area contributed by atoms with Crippen LogP contribution in [0.5, 0.6) is 0 Å². The number of aliphatic hydroxyl groups excluding tert-OH is 1. The van der Waals surface area contributed by atoms with Gasteiger partial charge in [-0.3, -0.25) is 4.79 Å².